The molecule has 0 saturated heterocycles. The summed E-state index contributed by atoms with van der Waals surface area (Å²) in [4.78, 5) is 26.1. The molecule has 0 saturated carbocycles. The van der Waals surface area contributed by atoms with Gasteiger partial charge in [-0.25, -0.2) is 4.79 Å². The number of esters is 1. The molecule has 12 nitrogen and oxygen atoms in total. The molecular weight excluding hydrogens is 480 g/mol. The average molecular weight is 507 g/mol. The van der Waals surface area contributed by atoms with Gasteiger partial charge in [0.15, 0.2) is 6.04 Å². The Hall–Kier alpha value is -3.64. The topological polar surface area (TPSA) is 166 Å². The number of ether oxygens (including phenoxy) is 3. The summed E-state index contributed by atoms with van der Waals surface area (Å²) in [6.07, 6.45) is 0. The van der Waals surface area contributed by atoms with E-state index in [1.54, 1.807) is 36.4 Å². The van der Waals surface area contributed by atoms with Crippen LogP contribution in [0.2, 0.25) is 0 Å². The molecule has 0 aliphatic carbocycles. The molecule has 1 amide bonds. The third-order valence-electron chi connectivity index (χ3n) is 4.45. The molecule has 0 unspecified atom stereocenters. The van der Waals surface area contributed by atoms with Crippen molar-refractivity contribution < 1.29 is 36.4 Å². The van der Waals surface area contributed by atoms with Crippen LogP contribution in [0.5, 0.6) is 5.75 Å². The predicted molar refractivity (Wildman–Crippen MR) is 124 cm³/mol. The Bertz CT molecular complexity index is 1150. The van der Waals surface area contributed by atoms with Gasteiger partial charge >= 0.3 is 5.97 Å². The van der Waals surface area contributed by atoms with Crippen molar-refractivity contribution in [2.24, 2.45) is 5.11 Å². The van der Waals surface area contributed by atoms with Crippen molar-refractivity contribution in [3.8, 4) is 5.75 Å². The van der Waals surface area contributed by atoms with E-state index in [2.05, 4.69) is 20.1 Å². The van der Waals surface area contributed by atoms with Gasteiger partial charge in [-0.05, 0) is 42.3 Å². The average Bonchev–Trinajstić information content (AvgIpc) is 2.85. The molecule has 0 fully saturated rings. The third-order valence-corrected chi connectivity index (χ3v) is 5.78. The minimum atomic E-state index is -3.87. The number of benzene rings is 2. The quantitative estimate of drug-likeness (QED) is 0.102. The molecule has 0 bridgehead atoms. The SMILES string of the molecule is COC(=O)[C@H](COCc1cccc(OCCOS(=O)(=O)c2ccc(C)cc2)c1)NC(=O)CN=[N+]=[N-]. The Labute approximate surface area is 202 Å². The summed E-state index contributed by atoms with van der Waals surface area (Å²) in [5.41, 5.74) is 9.92. The van der Waals surface area contributed by atoms with Crippen LogP contribution in [0.25, 0.3) is 10.4 Å². The molecule has 0 aromatic heterocycles. The fraction of sp³-hybridized carbons (Fsp3) is 0.364. The molecule has 0 radical (unpaired) electrons. The summed E-state index contributed by atoms with van der Waals surface area (Å²) in [5.74, 6) is -0.893. The maximum Gasteiger partial charge on any atom is 0.330 e. The summed E-state index contributed by atoms with van der Waals surface area (Å²) in [5, 5.41) is 5.50. The number of hydrogen-bond donors (Lipinski definition) is 1. The number of nitrogens with one attached hydrogen (secondary N) is 1. The Kier molecular flexibility index (Phi) is 11.0. The lowest BCUT2D eigenvalue weighted by Crippen LogP contribution is -2.45. The molecule has 13 heteroatoms. The molecule has 2 rings (SSSR count). The van der Waals surface area contributed by atoms with E-state index in [1.807, 2.05) is 6.92 Å². The highest BCUT2D eigenvalue weighted by Gasteiger charge is 2.21. The van der Waals surface area contributed by atoms with Crippen LogP contribution in [-0.4, -0.2) is 59.8 Å². The summed E-state index contributed by atoms with van der Waals surface area (Å²) < 4.78 is 45.1. The Morgan fingerprint density at radius 1 is 1.14 bits per heavy atom. The first-order valence-electron chi connectivity index (χ1n) is 10.4. The van der Waals surface area contributed by atoms with Crippen LogP contribution < -0.4 is 10.1 Å². The molecule has 188 valence electrons. The van der Waals surface area contributed by atoms with Crippen LogP contribution in [-0.2, 0) is 40.0 Å². The van der Waals surface area contributed by atoms with Crippen LogP contribution in [0.15, 0.2) is 58.5 Å². The van der Waals surface area contributed by atoms with Gasteiger partial charge in [-0.2, -0.15) is 8.42 Å². The lowest BCUT2D eigenvalue weighted by Gasteiger charge is -2.16. The van der Waals surface area contributed by atoms with Gasteiger partial charge in [0.05, 0.1) is 25.2 Å². The predicted octanol–water partition coefficient (Wildman–Crippen LogP) is 2.26. The first-order chi connectivity index (χ1) is 16.7. The summed E-state index contributed by atoms with van der Waals surface area (Å²) in [6, 6.07) is 12.1. The minimum Gasteiger partial charge on any atom is -0.491 e. The van der Waals surface area contributed by atoms with Gasteiger partial charge in [0, 0.05) is 4.91 Å². The second kappa shape index (κ2) is 13.9. The fourth-order valence-electron chi connectivity index (χ4n) is 2.74. The minimum absolute atomic E-state index is 0.00295. The highest BCUT2D eigenvalue weighted by molar-refractivity contribution is 7.86. The van der Waals surface area contributed by atoms with Crippen LogP contribution in [0, 0.1) is 6.92 Å². The number of aryl methyl sites for hydroxylation is 1. The van der Waals surface area contributed by atoms with Crippen molar-refractivity contribution in [1.82, 2.24) is 5.32 Å². The molecule has 2 aromatic carbocycles. The number of carbonyl (C=O) groups excluding carboxylic acids is 2. The van der Waals surface area contributed by atoms with Crippen molar-refractivity contribution in [3.63, 3.8) is 0 Å². The molecule has 0 heterocycles. The molecule has 1 N–H and O–H groups in total. The van der Waals surface area contributed by atoms with E-state index in [-0.39, 0.29) is 31.3 Å². The molecule has 0 aliphatic rings. The van der Waals surface area contributed by atoms with Crippen molar-refractivity contribution in [1.29, 1.82) is 0 Å². The molecule has 1 atom stereocenters. The lowest BCUT2D eigenvalue weighted by atomic mass is 10.2. The van der Waals surface area contributed by atoms with E-state index in [1.165, 1.54) is 19.2 Å². The molecule has 0 aliphatic heterocycles. The van der Waals surface area contributed by atoms with Crippen LogP contribution in [0.3, 0.4) is 0 Å². The zero-order chi connectivity index (χ0) is 25.7. The van der Waals surface area contributed by atoms with E-state index in [4.69, 9.17) is 19.2 Å². The number of nitrogens with zero attached hydrogens (tertiary/aromatic N) is 3. The van der Waals surface area contributed by atoms with Crippen molar-refractivity contribution in [3.05, 3.63) is 70.1 Å². The monoisotopic (exact) mass is 506 g/mol. The maximum atomic E-state index is 12.2. The molecule has 2 aromatic rings. The first-order valence-corrected chi connectivity index (χ1v) is 11.8. The van der Waals surface area contributed by atoms with Crippen molar-refractivity contribution in [2.75, 3.05) is 33.5 Å². The Morgan fingerprint density at radius 2 is 1.89 bits per heavy atom. The van der Waals surface area contributed by atoms with Gasteiger partial charge < -0.3 is 19.5 Å². The second-order valence-electron chi connectivity index (χ2n) is 7.13. The van der Waals surface area contributed by atoms with Crippen LogP contribution in [0.1, 0.15) is 11.1 Å². The van der Waals surface area contributed by atoms with Gasteiger partial charge in [0.2, 0.25) is 5.91 Å². The van der Waals surface area contributed by atoms with E-state index in [9.17, 15) is 18.0 Å². The summed E-state index contributed by atoms with van der Waals surface area (Å²) in [7, 11) is -2.70. The molecular formula is C22H26N4O8S. The van der Waals surface area contributed by atoms with E-state index in [0.29, 0.717) is 11.3 Å². The third kappa shape index (κ3) is 9.63. The summed E-state index contributed by atoms with van der Waals surface area (Å²) in [6.45, 7) is 1.14. The Balaban J connectivity index is 1.82. The largest absolute Gasteiger partial charge is 0.491 e. The van der Waals surface area contributed by atoms with E-state index in [0.717, 1.165) is 5.56 Å². The van der Waals surface area contributed by atoms with Crippen LogP contribution >= 0.6 is 0 Å². The van der Waals surface area contributed by atoms with E-state index >= 15 is 0 Å². The smallest absolute Gasteiger partial charge is 0.330 e. The number of carbonyl (C=O) groups is 2. The maximum absolute atomic E-state index is 12.2. The number of rotatable bonds is 14. The van der Waals surface area contributed by atoms with Crippen molar-refractivity contribution >= 4 is 22.0 Å². The zero-order valence-electron chi connectivity index (χ0n) is 19.2. The van der Waals surface area contributed by atoms with Crippen molar-refractivity contribution in [2.45, 2.75) is 24.5 Å². The number of hydrogen-bond acceptors (Lipinski definition) is 9. The number of methoxy groups -OCH3 is 1. The van der Waals surface area contributed by atoms with Crippen LogP contribution in [0.4, 0.5) is 0 Å². The Morgan fingerprint density at radius 3 is 2.57 bits per heavy atom. The normalized spacial score (nSPS) is 11.7. The molecule has 0 spiro atoms. The number of azide groups is 1. The molecule has 35 heavy (non-hydrogen) atoms. The number of amides is 1. The van der Waals surface area contributed by atoms with Gasteiger partial charge in [-0.15, -0.1) is 0 Å². The summed E-state index contributed by atoms with van der Waals surface area (Å²) >= 11 is 0. The fourth-order valence-corrected chi connectivity index (χ4v) is 3.64. The lowest BCUT2D eigenvalue weighted by molar-refractivity contribution is -0.146. The highest BCUT2D eigenvalue weighted by Crippen LogP contribution is 2.16. The van der Waals surface area contributed by atoms with Gasteiger partial charge in [-0.3, -0.25) is 8.98 Å². The first kappa shape index (κ1) is 27.6. The van der Waals surface area contributed by atoms with Gasteiger partial charge in [0.1, 0.15) is 25.5 Å². The standard InChI is InChI=1S/C22H26N4O8S/c1-16-6-8-19(9-7-16)35(29,30)34-11-10-33-18-5-3-4-17(12-18)14-32-15-20(22(28)31-2)25-21(27)13-24-26-23/h3-9,12,20H,10-11,13-15H2,1-2H3,(H,25,27)/t20-/m0/s1. The second-order valence-corrected chi connectivity index (χ2v) is 8.75. The zero-order valence-corrected chi connectivity index (χ0v) is 20.1. The highest BCUT2D eigenvalue weighted by atomic mass is 32.2. The van der Waals surface area contributed by atoms with Gasteiger partial charge in [-0.1, -0.05) is 34.9 Å². The van der Waals surface area contributed by atoms with Gasteiger partial charge in [0.25, 0.3) is 10.1 Å². The van der Waals surface area contributed by atoms with E-state index < -0.39 is 34.6 Å².